The van der Waals surface area contributed by atoms with Crippen LogP contribution in [0.5, 0.6) is 0 Å². The van der Waals surface area contributed by atoms with Gasteiger partial charge in [-0.25, -0.2) is 4.98 Å². The van der Waals surface area contributed by atoms with E-state index in [-0.39, 0.29) is 11.8 Å². The van der Waals surface area contributed by atoms with E-state index >= 15 is 0 Å². The maximum atomic E-state index is 13.4. The van der Waals surface area contributed by atoms with Gasteiger partial charge in [0, 0.05) is 23.3 Å². The minimum Gasteiger partial charge on any atom is -0.339 e. The van der Waals surface area contributed by atoms with Gasteiger partial charge in [-0.3, -0.25) is 9.59 Å². The van der Waals surface area contributed by atoms with Crippen LogP contribution in [-0.2, 0) is 0 Å². The van der Waals surface area contributed by atoms with Gasteiger partial charge in [-0.1, -0.05) is 30.3 Å². The normalized spacial score (nSPS) is 14.1. The predicted octanol–water partition coefficient (Wildman–Crippen LogP) is 5.37. The predicted molar refractivity (Wildman–Crippen MR) is 119 cm³/mol. The number of aromatic nitrogens is 1. The zero-order valence-corrected chi connectivity index (χ0v) is 18.2. The van der Waals surface area contributed by atoms with E-state index in [1.807, 2.05) is 49.1 Å². The number of likely N-dealkylation sites (tertiary alicyclic amines) is 1. The number of aryl methyl sites for hydroxylation is 1. The van der Waals surface area contributed by atoms with E-state index in [1.165, 1.54) is 22.7 Å². The number of amides is 2. The van der Waals surface area contributed by atoms with E-state index < -0.39 is 0 Å². The van der Waals surface area contributed by atoms with Crippen molar-refractivity contribution in [2.24, 2.45) is 0 Å². The molecule has 29 heavy (non-hydrogen) atoms. The summed E-state index contributed by atoms with van der Waals surface area (Å²) in [6.45, 7) is 5.38. The molecule has 5 nitrogen and oxygen atoms in total. The topological polar surface area (TPSA) is 62.3 Å². The summed E-state index contributed by atoms with van der Waals surface area (Å²) in [4.78, 5) is 33.3. The molecule has 1 saturated heterocycles. The Hall–Kier alpha value is -2.51. The fourth-order valence-electron chi connectivity index (χ4n) is 3.61. The minimum atomic E-state index is -0.275. The summed E-state index contributed by atoms with van der Waals surface area (Å²) in [5.41, 5.74) is 2.96. The monoisotopic (exact) mass is 425 g/mol. The summed E-state index contributed by atoms with van der Waals surface area (Å²) < 4.78 is 0. The van der Waals surface area contributed by atoms with Crippen LogP contribution >= 0.6 is 22.7 Å². The maximum absolute atomic E-state index is 13.4. The van der Waals surface area contributed by atoms with E-state index in [4.69, 9.17) is 0 Å². The van der Waals surface area contributed by atoms with Crippen molar-refractivity contribution in [3.8, 4) is 10.4 Å². The highest BCUT2D eigenvalue weighted by molar-refractivity contribution is 7.20. The number of rotatable bonds is 4. The molecule has 4 rings (SSSR count). The van der Waals surface area contributed by atoms with E-state index in [9.17, 15) is 9.59 Å². The Morgan fingerprint density at radius 1 is 1.07 bits per heavy atom. The summed E-state index contributed by atoms with van der Waals surface area (Å²) in [6, 6.07) is 10.0. The third-order valence-electron chi connectivity index (χ3n) is 5.12. The number of nitrogens with zero attached hydrogens (tertiary/aromatic N) is 2. The smallest absolute Gasteiger partial charge is 0.275 e. The largest absolute Gasteiger partial charge is 0.339 e. The lowest BCUT2D eigenvalue weighted by molar-refractivity contribution is 0.0725. The van der Waals surface area contributed by atoms with Crippen LogP contribution < -0.4 is 5.32 Å². The van der Waals surface area contributed by atoms with Gasteiger partial charge < -0.3 is 10.2 Å². The van der Waals surface area contributed by atoms with Gasteiger partial charge in [0.05, 0.1) is 10.6 Å². The van der Waals surface area contributed by atoms with Crippen molar-refractivity contribution in [3.63, 3.8) is 0 Å². The average Bonchev–Trinajstić information content (AvgIpc) is 3.32. The number of hydrogen-bond acceptors (Lipinski definition) is 5. The number of carbonyl (C=O) groups is 2. The third kappa shape index (κ3) is 4.11. The Morgan fingerprint density at radius 2 is 1.79 bits per heavy atom. The van der Waals surface area contributed by atoms with Gasteiger partial charge in [-0.05, 0) is 44.2 Å². The first-order valence-electron chi connectivity index (χ1n) is 9.76. The Labute approximate surface area is 178 Å². The van der Waals surface area contributed by atoms with Crippen LogP contribution in [0.25, 0.3) is 10.4 Å². The zero-order valence-electron chi connectivity index (χ0n) is 16.5. The molecule has 0 unspecified atom stereocenters. The van der Waals surface area contributed by atoms with Gasteiger partial charge in [-0.2, -0.15) is 0 Å². The lowest BCUT2D eigenvalue weighted by Gasteiger charge is -2.27. The molecule has 0 saturated carbocycles. The van der Waals surface area contributed by atoms with Crippen LogP contribution in [0.3, 0.4) is 0 Å². The van der Waals surface area contributed by atoms with Crippen LogP contribution in [0.2, 0.25) is 0 Å². The molecule has 0 bridgehead atoms. The molecular weight excluding hydrogens is 402 g/mol. The van der Waals surface area contributed by atoms with E-state index in [2.05, 4.69) is 10.3 Å². The van der Waals surface area contributed by atoms with Crippen LogP contribution in [0.1, 0.15) is 50.7 Å². The fourth-order valence-corrected chi connectivity index (χ4v) is 5.41. The van der Waals surface area contributed by atoms with Crippen molar-refractivity contribution < 1.29 is 9.59 Å². The lowest BCUT2D eigenvalue weighted by Crippen LogP contribution is -2.36. The number of thiophene rings is 1. The number of thiazole rings is 1. The first-order chi connectivity index (χ1) is 14.0. The molecule has 1 aliphatic rings. The molecule has 3 aromatic rings. The Morgan fingerprint density at radius 3 is 2.45 bits per heavy atom. The van der Waals surface area contributed by atoms with Crippen molar-refractivity contribution in [1.82, 2.24) is 9.88 Å². The van der Waals surface area contributed by atoms with Gasteiger partial charge >= 0.3 is 0 Å². The van der Waals surface area contributed by atoms with E-state index in [1.54, 1.807) is 5.38 Å². The molecular formula is C22H23N3O2S2. The Balaban J connectivity index is 1.73. The summed E-state index contributed by atoms with van der Waals surface area (Å²) in [7, 11) is 0. The van der Waals surface area contributed by atoms with E-state index in [0.29, 0.717) is 16.3 Å². The molecule has 1 N–H and O–H groups in total. The Kier molecular flexibility index (Phi) is 5.78. The second-order valence-electron chi connectivity index (χ2n) is 7.19. The fraction of sp³-hybridized carbons (Fsp3) is 0.318. The highest BCUT2D eigenvalue weighted by Gasteiger charge is 2.28. The molecule has 1 aromatic carbocycles. The van der Waals surface area contributed by atoms with Crippen molar-refractivity contribution in [2.45, 2.75) is 33.1 Å². The standard InChI is InChI=1S/C22H23N3O2S2/c1-14-18(22(27)25-11-7-4-8-12-25)21(24-20(26)17-13-28-15(2)23-17)29-19(14)16-9-5-3-6-10-16/h3,5-6,9-10,13H,4,7-8,11-12H2,1-2H3,(H,24,26). The number of anilines is 1. The summed E-state index contributed by atoms with van der Waals surface area (Å²) >= 11 is 2.90. The molecule has 7 heteroatoms. The number of hydrogen-bond donors (Lipinski definition) is 1. The van der Waals surface area contributed by atoms with E-state index in [0.717, 1.165) is 53.4 Å². The molecule has 3 heterocycles. The molecule has 0 aliphatic carbocycles. The SMILES string of the molecule is Cc1nc(C(=O)Nc2sc(-c3ccccc3)c(C)c2C(=O)N2CCCCC2)cs1. The molecule has 1 aliphatic heterocycles. The van der Waals surface area contributed by atoms with Gasteiger partial charge in [-0.15, -0.1) is 22.7 Å². The molecule has 2 amide bonds. The van der Waals surface area contributed by atoms with Crippen molar-refractivity contribution in [3.05, 3.63) is 57.5 Å². The van der Waals surface area contributed by atoms with Gasteiger partial charge in [0.15, 0.2) is 0 Å². The number of nitrogens with one attached hydrogen (secondary N) is 1. The van der Waals surface area contributed by atoms with Crippen LogP contribution in [0, 0.1) is 13.8 Å². The number of carbonyl (C=O) groups excluding carboxylic acids is 2. The summed E-state index contributed by atoms with van der Waals surface area (Å²) in [5.74, 6) is -0.270. The Bertz CT molecular complexity index is 1030. The third-order valence-corrected chi connectivity index (χ3v) is 7.15. The molecule has 0 spiro atoms. The molecule has 0 atom stereocenters. The molecule has 2 aromatic heterocycles. The maximum Gasteiger partial charge on any atom is 0.275 e. The zero-order chi connectivity index (χ0) is 20.4. The molecule has 0 radical (unpaired) electrons. The first-order valence-corrected chi connectivity index (χ1v) is 11.5. The first kappa shape index (κ1) is 19.8. The summed E-state index contributed by atoms with van der Waals surface area (Å²) in [5, 5.41) is 6.16. The highest BCUT2D eigenvalue weighted by atomic mass is 32.1. The average molecular weight is 426 g/mol. The highest BCUT2D eigenvalue weighted by Crippen LogP contribution is 2.41. The van der Waals surface area contributed by atoms with Gasteiger partial charge in [0.1, 0.15) is 10.7 Å². The van der Waals surface area contributed by atoms with Crippen LogP contribution in [0.4, 0.5) is 5.00 Å². The molecule has 1 fully saturated rings. The van der Waals surface area contributed by atoms with Crippen LogP contribution in [-0.4, -0.2) is 34.8 Å². The van der Waals surface area contributed by atoms with Gasteiger partial charge in [0.25, 0.3) is 11.8 Å². The second kappa shape index (κ2) is 8.47. The number of piperidine rings is 1. The lowest BCUT2D eigenvalue weighted by atomic mass is 10.0. The van der Waals surface area contributed by atoms with Crippen molar-refractivity contribution >= 4 is 39.5 Å². The van der Waals surface area contributed by atoms with Crippen LogP contribution in [0.15, 0.2) is 35.7 Å². The molecule has 150 valence electrons. The van der Waals surface area contributed by atoms with Gasteiger partial charge in [0.2, 0.25) is 0 Å². The summed E-state index contributed by atoms with van der Waals surface area (Å²) in [6.07, 6.45) is 3.22. The quantitative estimate of drug-likeness (QED) is 0.611. The van der Waals surface area contributed by atoms with Crippen molar-refractivity contribution in [1.29, 1.82) is 0 Å². The second-order valence-corrected chi connectivity index (χ2v) is 9.27. The minimum absolute atomic E-state index is 0.00499. The van der Waals surface area contributed by atoms with Crippen molar-refractivity contribution in [2.75, 3.05) is 18.4 Å². The number of benzene rings is 1.